The molecule has 0 spiro atoms. The summed E-state index contributed by atoms with van der Waals surface area (Å²) in [7, 11) is 0. The number of fused-ring (bicyclic) bond motifs is 1. The second-order valence-corrected chi connectivity index (χ2v) is 6.46. The van der Waals surface area contributed by atoms with E-state index >= 15 is 0 Å². The summed E-state index contributed by atoms with van der Waals surface area (Å²) in [6.07, 6.45) is 3.52. The monoisotopic (exact) mass is 318 g/mol. The number of ether oxygens (including phenoxy) is 1. The summed E-state index contributed by atoms with van der Waals surface area (Å²) in [6, 6.07) is 5.43. The second kappa shape index (κ2) is 6.44. The number of hydrogen-bond acceptors (Lipinski definition) is 5. The van der Waals surface area contributed by atoms with Crippen LogP contribution in [0.5, 0.6) is 0 Å². The highest BCUT2D eigenvalue weighted by Crippen LogP contribution is 2.20. The van der Waals surface area contributed by atoms with Crippen molar-refractivity contribution in [3.63, 3.8) is 0 Å². The minimum absolute atomic E-state index is 0.223. The van der Waals surface area contributed by atoms with E-state index in [1.165, 1.54) is 11.3 Å². The van der Waals surface area contributed by atoms with Crippen molar-refractivity contribution < 1.29 is 14.3 Å². The molecule has 0 bridgehead atoms. The molecular weight excluding hydrogens is 300 g/mol. The standard InChI is InChI=1S/C16H18N2O3S/c1-10(15(19)18-12-4-2-3-5-12)21-16(20)11-6-7-13-14(8-11)22-9-17-13/h6-10,12H,2-5H2,1H3,(H,18,19)/t10-/m1/s1. The third-order valence-corrected chi connectivity index (χ3v) is 4.71. The summed E-state index contributed by atoms with van der Waals surface area (Å²) in [5, 5.41) is 2.94. The molecule has 2 aromatic rings. The van der Waals surface area contributed by atoms with E-state index in [1.807, 2.05) is 0 Å². The zero-order valence-corrected chi connectivity index (χ0v) is 13.2. The first kappa shape index (κ1) is 15.0. The Morgan fingerprint density at radius 2 is 2.14 bits per heavy atom. The molecular formula is C16H18N2O3S. The molecule has 0 unspecified atom stereocenters. The molecule has 1 aromatic heterocycles. The van der Waals surface area contributed by atoms with E-state index in [1.54, 1.807) is 30.6 Å². The van der Waals surface area contributed by atoms with E-state index in [0.717, 1.165) is 35.9 Å². The molecule has 1 aliphatic carbocycles. The average molecular weight is 318 g/mol. The van der Waals surface area contributed by atoms with Crippen LogP contribution < -0.4 is 5.32 Å². The number of nitrogens with zero attached hydrogens (tertiary/aromatic N) is 1. The van der Waals surface area contributed by atoms with E-state index in [-0.39, 0.29) is 11.9 Å². The Morgan fingerprint density at radius 1 is 1.36 bits per heavy atom. The first-order valence-corrected chi connectivity index (χ1v) is 8.36. The number of esters is 1. The Balaban J connectivity index is 1.60. The van der Waals surface area contributed by atoms with Crippen molar-refractivity contribution in [1.82, 2.24) is 10.3 Å². The molecule has 0 saturated heterocycles. The predicted octanol–water partition coefficient (Wildman–Crippen LogP) is 2.90. The Labute approximate surface area is 132 Å². The first-order chi connectivity index (χ1) is 10.6. The van der Waals surface area contributed by atoms with E-state index in [4.69, 9.17) is 4.74 Å². The van der Waals surface area contributed by atoms with Gasteiger partial charge in [0.15, 0.2) is 6.10 Å². The van der Waals surface area contributed by atoms with Gasteiger partial charge in [0, 0.05) is 6.04 Å². The van der Waals surface area contributed by atoms with Crippen LogP contribution in [0.2, 0.25) is 0 Å². The second-order valence-electron chi connectivity index (χ2n) is 5.57. The number of aromatic nitrogens is 1. The van der Waals surface area contributed by atoms with E-state index in [0.29, 0.717) is 5.56 Å². The minimum atomic E-state index is -0.787. The van der Waals surface area contributed by atoms with Crippen molar-refractivity contribution >= 4 is 33.4 Å². The summed E-state index contributed by atoms with van der Waals surface area (Å²) < 4.78 is 6.20. The first-order valence-electron chi connectivity index (χ1n) is 7.48. The summed E-state index contributed by atoms with van der Waals surface area (Å²) in [5.41, 5.74) is 3.03. The maximum absolute atomic E-state index is 12.1. The summed E-state index contributed by atoms with van der Waals surface area (Å²) in [4.78, 5) is 28.4. The van der Waals surface area contributed by atoms with Gasteiger partial charge in [0.05, 0.1) is 21.3 Å². The lowest BCUT2D eigenvalue weighted by Gasteiger charge is -2.17. The number of nitrogens with one attached hydrogen (secondary N) is 1. The fraction of sp³-hybridized carbons (Fsp3) is 0.438. The zero-order chi connectivity index (χ0) is 15.5. The molecule has 0 radical (unpaired) electrons. The van der Waals surface area contributed by atoms with Gasteiger partial charge in [-0.2, -0.15) is 0 Å². The number of rotatable bonds is 4. The summed E-state index contributed by atoms with van der Waals surface area (Å²) in [6.45, 7) is 1.60. The third-order valence-electron chi connectivity index (χ3n) is 3.92. The van der Waals surface area contributed by atoms with Gasteiger partial charge in [-0.3, -0.25) is 4.79 Å². The fourth-order valence-electron chi connectivity index (χ4n) is 2.65. The number of carbonyl (C=O) groups is 2. The van der Waals surface area contributed by atoms with Gasteiger partial charge in [0.25, 0.3) is 5.91 Å². The van der Waals surface area contributed by atoms with Crippen LogP contribution in [0.3, 0.4) is 0 Å². The maximum atomic E-state index is 12.1. The van der Waals surface area contributed by atoms with Crippen LogP contribution in [0.15, 0.2) is 23.7 Å². The van der Waals surface area contributed by atoms with Crippen LogP contribution in [0.4, 0.5) is 0 Å². The Kier molecular flexibility index (Phi) is 4.38. The molecule has 1 aromatic carbocycles. The van der Waals surface area contributed by atoms with Gasteiger partial charge >= 0.3 is 5.97 Å². The van der Waals surface area contributed by atoms with Gasteiger partial charge in [-0.1, -0.05) is 12.8 Å². The van der Waals surface area contributed by atoms with Crippen molar-refractivity contribution in [3.05, 3.63) is 29.3 Å². The van der Waals surface area contributed by atoms with Crippen LogP contribution in [-0.4, -0.2) is 29.0 Å². The Morgan fingerprint density at radius 3 is 2.91 bits per heavy atom. The highest BCUT2D eigenvalue weighted by atomic mass is 32.1. The van der Waals surface area contributed by atoms with Gasteiger partial charge in [0.1, 0.15) is 0 Å². The van der Waals surface area contributed by atoms with Crippen LogP contribution in [0, 0.1) is 0 Å². The van der Waals surface area contributed by atoms with Crippen molar-refractivity contribution in [2.75, 3.05) is 0 Å². The van der Waals surface area contributed by atoms with Crippen molar-refractivity contribution in [3.8, 4) is 0 Å². The topological polar surface area (TPSA) is 68.3 Å². The smallest absolute Gasteiger partial charge is 0.338 e. The van der Waals surface area contributed by atoms with Gasteiger partial charge in [0.2, 0.25) is 0 Å². The molecule has 1 saturated carbocycles. The van der Waals surface area contributed by atoms with Gasteiger partial charge in [-0.05, 0) is 38.0 Å². The lowest BCUT2D eigenvalue weighted by molar-refractivity contribution is -0.129. The average Bonchev–Trinajstić information content (AvgIpc) is 3.16. The highest BCUT2D eigenvalue weighted by Gasteiger charge is 2.23. The van der Waals surface area contributed by atoms with Gasteiger partial charge in [-0.15, -0.1) is 11.3 Å². The summed E-state index contributed by atoms with van der Waals surface area (Å²) >= 11 is 1.47. The molecule has 1 atom stereocenters. The lowest BCUT2D eigenvalue weighted by Crippen LogP contribution is -2.40. The highest BCUT2D eigenvalue weighted by molar-refractivity contribution is 7.16. The molecule has 1 amide bonds. The number of carbonyl (C=O) groups excluding carboxylic acids is 2. The fourth-order valence-corrected chi connectivity index (χ4v) is 3.37. The largest absolute Gasteiger partial charge is 0.449 e. The molecule has 116 valence electrons. The zero-order valence-electron chi connectivity index (χ0n) is 12.4. The van der Waals surface area contributed by atoms with Crippen LogP contribution in [0.25, 0.3) is 10.2 Å². The van der Waals surface area contributed by atoms with E-state index in [2.05, 4.69) is 10.3 Å². The lowest BCUT2D eigenvalue weighted by atomic mass is 10.2. The molecule has 1 heterocycles. The molecule has 0 aliphatic heterocycles. The van der Waals surface area contributed by atoms with Crippen LogP contribution >= 0.6 is 11.3 Å². The third kappa shape index (κ3) is 3.27. The number of benzene rings is 1. The van der Waals surface area contributed by atoms with E-state index < -0.39 is 12.1 Å². The molecule has 3 rings (SSSR count). The molecule has 1 N–H and O–H groups in total. The van der Waals surface area contributed by atoms with Crippen molar-refractivity contribution in [2.45, 2.75) is 44.8 Å². The molecule has 22 heavy (non-hydrogen) atoms. The number of thiazole rings is 1. The Bertz CT molecular complexity index is 692. The van der Waals surface area contributed by atoms with Crippen LogP contribution in [0.1, 0.15) is 43.0 Å². The predicted molar refractivity (Wildman–Crippen MR) is 84.9 cm³/mol. The van der Waals surface area contributed by atoms with Gasteiger partial charge in [-0.25, -0.2) is 9.78 Å². The Hall–Kier alpha value is -1.95. The molecule has 1 aliphatic rings. The number of hydrogen-bond donors (Lipinski definition) is 1. The van der Waals surface area contributed by atoms with Crippen molar-refractivity contribution in [1.29, 1.82) is 0 Å². The van der Waals surface area contributed by atoms with Crippen LogP contribution in [-0.2, 0) is 9.53 Å². The molecule has 6 heteroatoms. The minimum Gasteiger partial charge on any atom is -0.449 e. The van der Waals surface area contributed by atoms with Gasteiger partial charge < -0.3 is 10.1 Å². The maximum Gasteiger partial charge on any atom is 0.338 e. The SMILES string of the molecule is C[C@@H](OC(=O)c1ccc2ncsc2c1)C(=O)NC1CCCC1. The quantitative estimate of drug-likeness (QED) is 0.880. The van der Waals surface area contributed by atoms with Crippen molar-refractivity contribution in [2.24, 2.45) is 0 Å². The normalized spacial score (nSPS) is 16.6. The summed E-state index contributed by atoms with van der Waals surface area (Å²) in [5.74, 6) is -0.705. The van der Waals surface area contributed by atoms with E-state index in [9.17, 15) is 9.59 Å². The number of amides is 1. The molecule has 1 fully saturated rings. The molecule has 5 nitrogen and oxygen atoms in total.